The first-order valence-corrected chi connectivity index (χ1v) is 14.5. The van der Waals surface area contributed by atoms with Gasteiger partial charge in [0.2, 0.25) is 19.1 Å². The number of anilines is 2. The Kier molecular flexibility index (Phi) is 7.21. The van der Waals surface area contributed by atoms with Crippen LogP contribution in [0.4, 0.5) is 15.8 Å². The van der Waals surface area contributed by atoms with Gasteiger partial charge in [0.15, 0.2) is 0 Å². The monoisotopic (exact) mass is 590 g/mol. The van der Waals surface area contributed by atoms with Crippen LogP contribution in [0.3, 0.4) is 0 Å². The normalized spacial score (nSPS) is 24.2. The summed E-state index contributed by atoms with van der Waals surface area (Å²) in [4.78, 5) is 40.6. The van der Waals surface area contributed by atoms with Crippen molar-refractivity contribution >= 4 is 59.4 Å². The summed E-state index contributed by atoms with van der Waals surface area (Å²) in [6.07, 6.45) is 3.98. The van der Waals surface area contributed by atoms with Crippen LogP contribution in [0.1, 0.15) is 59.5 Å². The maximum atomic E-state index is 16.0. The summed E-state index contributed by atoms with van der Waals surface area (Å²) in [5.74, 6) is -2.27. The number of hydrogen-bond donors (Lipinski definition) is 3. The van der Waals surface area contributed by atoms with E-state index in [2.05, 4.69) is 16.0 Å². The van der Waals surface area contributed by atoms with Crippen LogP contribution in [-0.2, 0) is 15.0 Å². The van der Waals surface area contributed by atoms with Gasteiger partial charge in [0.05, 0.1) is 11.1 Å². The van der Waals surface area contributed by atoms with E-state index < -0.39 is 34.6 Å². The first-order chi connectivity index (χ1) is 19.7. The van der Waals surface area contributed by atoms with E-state index in [9.17, 15) is 14.4 Å². The third-order valence-corrected chi connectivity index (χ3v) is 9.53. The van der Waals surface area contributed by atoms with E-state index in [1.54, 1.807) is 55.4 Å². The van der Waals surface area contributed by atoms with Crippen molar-refractivity contribution in [3.63, 3.8) is 0 Å². The highest BCUT2D eigenvalue weighted by Crippen LogP contribution is 2.62. The summed E-state index contributed by atoms with van der Waals surface area (Å²) in [7, 11) is 1.47. The van der Waals surface area contributed by atoms with Crippen molar-refractivity contribution in [2.24, 2.45) is 0 Å². The minimum Gasteiger partial charge on any atom is -0.325 e. The molecular formula is C31H28BCl2FN3O3. The average molecular weight is 591 g/mol. The van der Waals surface area contributed by atoms with E-state index in [1.165, 1.54) is 13.3 Å². The van der Waals surface area contributed by atoms with Crippen LogP contribution >= 0.6 is 23.2 Å². The second kappa shape index (κ2) is 10.6. The molecule has 2 spiro atoms. The molecule has 1 aliphatic carbocycles. The van der Waals surface area contributed by atoms with E-state index >= 15 is 4.39 Å². The van der Waals surface area contributed by atoms with Crippen LogP contribution in [0.5, 0.6) is 0 Å². The molecule has 2 fully saturated rings. The molecule has 6 nitrogen and oxygen atoms in total. The van der Waals surface area contributed by atoms with E-state index in [0.717, 1.165) is 19.3 Å². The molecule has 1 saturated heterocycles. The number of carbonyl (C=O) groups is 3. The van der Waals surface area contributed by atoms with Gasteiger partial charge >= 0.3 is 0 Å². The van der Waals surface area contributed by atoms with Gasteiger partial charge in [-0.1, -0.05) is 79.6 Å². The third-order valence-electron chi connectivity index (χ3n) is 9.00. The first-order valence-electron chi connectivity index (χ1n) is 13.8. The molecule has 2 amide bonds. The maximum Gasteiger partial charge on any atom is 0.242 e. The molecule has 3 aromatic carbocycles. The Morgan fingerprint density at radius 3 is 2.46 bits per heavy atom. The highest BCUT2D eigenvalue weighted by atomic mass is 35.5. The highest BCUT2D eigenvalue weighted by molar-refractivity contribution is 6.76. The van der Waals surface area contributed by atoms with E-state index in [-0.39, 0.29) is 22.2 Å². The van der Waals surface area contributed by atoms with Crippen molar-refractivity contribution < 1.29 is 18.8 Å². The number of benzene rings is 3. The van der Waals surface area contributed by atoms with Gasteiger partial charge in [-0.05, 0) is 54.3 Å². The van der Waals surface area contributed by atoms with Gasteiger partial charge in [0, 0.05) is 33.4 Å². The molecule has 1 radical (unpaired) electrons. The van der Waals surface area contributed by atoms with E-state index in [4.69, 9.17) is 23.2 Å². The third kappa shape index (κ3) is 4.30. The van der Waals surface area contributed by atoms with Gasteiger partial charge in [-0.3, -0.25) is 14.9 Å². The Labute approximate surface area is 248 Å². The van der Waals surface area contributed by atoms with Crippen molar-refractivity contribution in [2.45, 2.75) is 61.8 Å². The number of fused-ring (bicyclic) bond motifs is 3. The molecule has 0 aromatic heterocycles. The van der Waals surface area contributed by atoms with Gasteiger partial charge < -0.3 is 15.4 Å². The maximum absolute atomic E-state index is 16.0. The zero-order chi connectivity index (χ0) is 28.9. The Morgan fingerprint density at radius 1 is 1.02 bits per heavy atom. The van der Waals surface area contributed by atoms with Crippen LogP contribution in [-0.4, -0.2) is 36.4 Å². The zero-order valence-electron chi connectivity index (χ0n) is 22.4. The molecule has 3 aliphatic rings. The van der Waals surface area contributed by atoms with Crippen molar-refractivity contribution in [1.29, 1.82) is 0 Å². The first kappa shape index (κ1) is 27.9. The fourth-order valence-electron chi connectivity index (χ4n) is 7.32. The summed E-state index contributed by atoms with van der Waals surface area (Å²) in [5, 5.41) is 9.96. The quantitative estimate of drug-likeness (QED) is 0.304. The van der Waals surface area contributed by atoms with Gasteiger partial charge in [-0.15, -0.1) is 0 Å². The minimum atomic E-state index is -1.30. The molecule has 10 heteroatoms. The molecule has 3 N–H and O–H groups in total. The molecule has 0 unspecified atom stereocenters. The van der Waals surface area contributed by atoms with Crippen molar-refractivity contribution in [1.82, 2.24) is 5.32 Å². The lowest BCUT2D eigenvalue weighted by molar-refractivity contribution is -0.124. The zero-order valence-corrected chi connectivity index (χ0v) is 23.9. The number of nitrogens with one attached hydrogen (secondary N) is 3. The Balaban J connectivity index is 1.52. The SMILES string of the molecule is C[B]C(=O)c1ccc(NC(=O)[C@@H]2NC3(CCCCC3)[C@@]3(C(=O)Nc4cc(Cl)ccc43)[C@H]2c2cccc(Cl)c2F)cc1. The fraction of sp³-hybridized carbons (Fsp3) is 0.323. The standard InChI is InChI=1S/C31H28BCl2FN3O3/c1-32-27(39)17-8-11-19(12-9-17)36-28(40)26-24(20-6-5-7-22(34)25(20)35)31(30(38-26)14-3-2-4-15-30)21-13-10-18(33)16-23(21)37-29(31)41/h5-13,16,24,26,38H,2-4,14-15H2,1H3,(H,36,40)(H,37,41)/t24-,26+,31+/m0/s1. The topological polar surface area (TPSA) is 87.3 Å². The summed E-state index contributed by atoms with van der Waals surface area (Å²) < 4.78 is 16.0. The number of hydrogen-bond acceptors (Lipinski definition) is 4. The van der Waals surface area contributed by atoms with Gasteiger partial charge in [0.25, 0.3) is 0 Å². The molecule has 3 atom stereocenters. The Bertz CT molecular complexity index is 1560. The summed E-state index contributed by atoms with van der Waals surface area (Å²) in [6, 6.07) is 15.6. The smallest absolute Gasteiger partial charge is 0.242 e. The number of halogens is 3. The Morgan fingerprint density at radius 2 is 1.76 bits per heavy atom. The second-order valence-electron chi connectivity index (χ2n) is 11.1. The summed E-state index contributed by atoms with van der Waals surface area (Å²) in [5.41, 5.74) is 0.208. The molecule has 3 aromatic rings. The predicted molar refractivity (Wildman–Crippen MR) is 160 cm³/mol. The second-order valence-corrected chi connectivity index (χ2v) is 11.9. The highest BCUT2D eigenvalue weighted by Gasteiger charge is 2.72. The van der Waals surface area contributed by atoms with Crippen LogP contribution in [0, 0.1) is 5.82 Å². The molecule has 2 aliphatic heterocycles. The largest absolute Gasteiger partial charge is 0.325 e. The molecular weight excluding hydrogens is 563 g/mol. The minimum absolute atomic E-state index is 0.0795. The molecule has 1 saturated carbocycles. The van der Waals surface area contributed by atoms with Crippen LogP contribution in [0.2, 0.25) is 16.9 Å². The fourth-order valence-corrected chi connectivity index (χ4v) is 7.68. The molecule has 2 heterocycles. The lowest BCUT2D eigenvalue weighted by Crippen LogP contribution is -2.60. The summed E-state index contributed by atoms with van der Waals surface area (Å²) in [6.45, 7) is 1.67. The number of rotatable bonds is 5. The van der Waals surface area contributed by atoms with E-state index in [0.29, 0.717) is 40.4 Å². The van der Waals surface area contributed by atoms with Gasteiger partial charge in [-0.2, -0.15) is 0 Å². The lowest BCUT2D eigenvalue weighted by Gasteiger charge is -2.47. The Hall–Kier alpha value is -3.20. The van der Waals surface area contributed by atoms with Crippen LogP contribution in [0.25, 0.3) is 0 Å². The lowest BCUT2D eigenvalue weighted by atomic mass is 9.55. The molecule has 41 heavy (non-hydrogen) atoms. The average Bonchev–Trinajstić information content (AvgIpc) is 3.42. The molecule has 209 valence electrons. The summed E-state index contributed by atoms with van der Waals surface area (Å²) >= 11 is 12.6. The number of amides is 2. The number of carbonyl (C=O) groups excluding carboxylic acids is 3. The van der Waals surface area contributed by atoms with Crippen molar-refractivity contribution in [3.05, 3.63) is 93.2 Å². The predicted octanol–water partition coefficient (Wildman–Crippen LogP) is 6.31. The molecule has 6 rings (SSSR count). The molecule has 0 bridgehead atoms. The van der Waals surface area contributed by atoms with Gasteiger partial charge in [-0.25, -0.2) is 4.39 Å². The van der Waals surface area contributed by atoms with E-state index in [1.807, 2.05) is 6.07 Å². The van der Waals surface area contributed by atoms with Crippen molar-refractivity contribution in [2.75, 3.05) is 10.6 Å². The van der Waals surface area contributed by atoms with Gasteiger partial charge in [0.1, 0.15) is 16.9 Å². The van der Waals surface area contributed by atoms with Crippen LogP contribution in [0.15, 0.2) is 60.7 Å². The van der Waals surface area contributed by atoms with Crippen LogP contribution < -0.4 is 16.0 Å². The van der Waals surface area contributed by atoms with Crippen molar-refractivity contribution in [3.8, 4) is 0 Å².